The van der Waals surface area contributed by atoms with Crippen LogP contribution in [0, 0.1) is 57.7 Å². The molecule has 642 valence electrons. The molecule has 0 aromatic heterocycles. The van der Waals surface area contributed by atoms with E-state index in [2.05, 4.69) is 371 Å². The van der Waals surface area contributed by atoms with Crippen molar-refractivity contribution in [2.45, 2.75) is 490 Å². The Kier molecular flexibility index (Phi) is 54.6. The van der Waals surface area contributed by atoms with Crippen molar-refractivity contribution >= 4 is 17.1 Å². The zero-order chi connectivity index (χ0) is 85.1. The molecule has 0 N–H and O–H groups in total. The minimum Gasteiger partial charge on any atom is -0.374 e. The van der Waals surface area contributed by atoms with Gasteiger partial charge in [-0.15, -0.1) is 0 Å². The summed E-state index contributed by atoms with van der Waals surface area (Å²) in [6.45, 7) is 85.9. The monoisotopic (exact) mass is 1520 g/mol. The Morgan fingerprint density at radius 1 is 0.385 bits per heavy atom. The van der Waals surface area contributed by atoms with E-state index in [1.165, 1.54) is 233 Å². The molecule has 0 aliphatic heterocycles. The minimum absolute atomic E-state index is 0.356. The van der Waals surface area contributed by atoms with Gasteiger partial charge in [0.15, 0.2) is 0 Å². The second kappa shape index (κ2) is 54.0. The first kappa shape index (κ1) is 110. The van der Waals surface area contributed by atoms with Gasteiger partial charge in [0.1, 0.15) is 0 Å². The van der Waals surface area contributed by atoms with E-state index in [0.717, 1.165) is 12.5 Å². The predicted octanol–water partition coefficient (Wildman–Crippen LogP) is 34.9. The second-order valence-electron chi connectivity index (χ2n) is 42.5. The molecule has 1 unspecified atom stereocenters. The van der Waals surface area contributed by atoms with Gasteiger partial charge in [-0.25, -0.2) is 0 Å². The summed E-state index contributed by atoms with van der Waals surface area (Å²) in [5.41, 5.74) is 15.0. The van der Waals surface area contributed by atoms with Crippen molar-refractivity contribution in [1.82, 2.24) is 4.90 Å². The Bertz CT molecular complexity index is 2580. The molecule has 0 radical (unpaired) electrons. The SMILES string of the molecule is CC(C)N(C)C1(C)CCCCC1.CCC(C)(C)C(C)(C)C.CCC(C)(C)C(C)(C)C.CCC(C)(C)CC.CCCC(C)(C)C.CCCC(C)(C)C.CCCCC.CCN(C)c1c(C(C)C)cccc1C(C)C1CCCCC1.CN(c1ccccc1)C1(C)CCCCC1.Cc1cccc(C)c1N(C)C1(C)CCCCC1. The predicted molar refractivity (Wildman–Crippen MR) is 506 cm³/mol. The highest BCUT2D eigenvalue weighted by Gasteiger charge is 2.36. The van der Waals surface area contributed by atoms with Gasteiger partial charge in [-0.3, -0.25) is 4.90 Å². The lowest BCUT2D eigenvalue weighted by Gasteiger charge is -2.44. The van der Waals surface area contributed by atoms with Crippen molar-refractivity contribution in [1.29, 1.82) is 0 Å². The fraction of sp³-hybridized carbons (Fsp3) is 0.829. The molecule has 4 heteroatoms. The van der Waals surface area contributed by atoms with Crippen LogP contribution in [0.15, 0.2) is 66.7 Å². The third kappa shape index (κ3) is 44.1. The zero-order valence-corrected chi connectivity index (χ0v) is 82.6. The molecule has 7 rings (SSSR count). The van der Waals surface area contributed by atoms with E-state index >= 15 is 0 Å². The van der Waals surface area contributed by atoms with Crippen molar-refractivity contribution in [3.63, 3.8) is 0 Å². The van der Waals surface area contributed by atoms with Gasteiger partial charge in [0.25, 0.3) is 0 Å². The first-order chi connectivity index (χ1) is 50.2. The van der Waals surface area contributed by atoms with Gasteiger partial charge < -0.3 is 14.7 Å². The number of rotatable bonds is 19. The summed E-state index contributed by atoms with van der Waals surface area (Å²) in [6.07, 6.45) is 42.4. The zero-order valence-electron chi connectivity index (χ0n) is 82.6. The van der Waals surface area contributed by atoms with Crippen molar-refractivity contribution in [3.8, 4) is 0 Å². The van der Waals surface area contributed by atoms with Crippen LogP contribution in [0.1, 0.15) is 475 Å². The lowest BCUT2D eigenvalue weighted by atomic mass is 9.68. The van der Waals surface area contributed by atoms with E-state index < -0.39 is 0 Å². The fourth-order valence-electron chi connectivity index (χ4n) is 15.2. The molecule has 4 nitrogen and oxygen atoms in total. The van der Waals surface area contributed by atoms with Crippen molar-refractivity contribution in [3.05, 3.63) is 89.0 Å². The molecule has 0 spiro atoms. The molecule has 4 aliphatic carbocycles. The van der Waals surface area contributed by atoms with Gasteiger partial charge in [0, 0.05) is 67.4 Å². The molecular weight excluding hydrogens is 1320 g/mol. The van der Waals surface area contributed by atoms with Crippen molar-refractivity contribution in [2.24, 2.45) is 43.8 Å². The Morgan fingerprint density at radius 3 is 1.01 bits per heavy atom. The number of hydrogen-bond acceptors (Lipinski definition) is 4. The number of hydrogen-bond donors (Lipinski definition) is 0. The van der Waals surface area contributed by atoms with Crippen LogP contribution >= 0.6 is 0 Å². The molecule has 0 heterocycles. The highest BCUT2D eigenvalue weighted by atomic mass is 15.2. The van der Waals surface area contributed by atoms with E-state index in [9.17, 15) is 0 Å². The van der Waals surface area contributed by atoms with E-state index in [0.29, 0.717) is 72.4 Å². The fourth-order valence-corrected chi connectivity index (χ4v) is 15.2. The third-order valence-corrected chi connectivity index (χ3v) is 27.8. The topological polar surface area (TPSA) is 13.0 Å². The quantitative estimate of drug-likeness (QED) is 0.119. The smallest absolute Gasteiger partial charge is 0.0434 e. The van der Waals surface area contributed by atoms with Crippen LogP contribution in [-0.2, 0) is 0 Å². The maximum absolute atomic E-state index is 2.55. The Labute approximate surface area is 689 Å². The molecule has 4 saturated carbocycles. The van der Waals surface area contributed by atoms with Crippen LogP contribution in [-0.4, -0.2) is 62.3 Å². The molecule has 3 aromatic carbocycles. The highest BCUT2D eigenvalue weighted by molar-refractivity contribution is 5.62. The Hall–Kier alpha value is -2.98. The van der Waals surface area contributed by atoms with Crippen LogP contribution in [0.3, 0.4) is 0 Å². The number of benzene rings is 3. The summed E-state index contributed by atoms with van der Waals surface area (Å²) in [6, 6.07) is 25.0. The first-order valence-corrected chi connectivity index (χ1v) is 46.3. The maximum Gasteiger partial charge on any atom is 0.0434 e. The molecule has 4 fully saturated rings. The molecule has 4 aliphatic rings. The molecule has 0 bridgehead atoms. The van der Waals surface area contributed by atoms with Gasteiger partial charge in [-0.2, -0.15) is 0 Å². The summed E-state index contributed by atoms with van der Waals surface area (Å²) in [5, 5.41) is 0. The lowest BCUT2D eigenvalue weighted by molar-refractivity contribution is 0.0650. The Balaban J connectivity index is -0.00000118. The number of anilines is 3. The van der Waals surface area contributed by atoms with Crippen LogP contribution in [0.5, 0.6) is 0 Å². The average molecular weight is 1520 g/mol. The molecule has 3 aromatic rings. The van der Waals surface area contributed by atoms with E-state index in [1.807, 2.05) is 0 Å². The van der Waals surface area contributed by atoms with Crippen LogP contribution in [0.2, 0.25) is 0 Å². The molecule has 0 saturated heterocycles. The highest BCUT2D eigenvalue weighted by Crippen LogP contribution is 2.45. The second-order valence-corrected chi connectivity index (χ2v) is 42.5. The standard InChI is InChI=1S/C20H33N.C16H25N.C14H21N.C11H23N.2C9H20.3C7H16.C5H12/c1-6-21(5)20-18(15(2)3)13-10-14-19(20)16(4)17-11-8-7-9-12-17;1-13-9-8-10-14(2)15(13)17(4)16(3)11-6-5-7-12-16;1-14(11-7-4-8-12-14)15(2)13-9-5-3-6-10-13;1-10(2)12(4)11(3)8-6-5-7-9-11;2*1-7-9(5,6)8(2,3)4;2*1-5-6-7(2,3)4;1-5-7(3,4)6-2;1-3-5-4-2/h10,13-17H,6-9,11-12H2,1-5H3;8-10H,5-7,11-12H2,1-4H3;3,5-6,9-10H,4,7-8,11-12H2,1-2H3;10H,5-9H2,1-4H3;2*7H2,1-6H3;3*5-6H2,1-4H3;3-5H2,1-2H3. The van der Waals surface area contributed by atoms with E-state index in [4.69, 9.17) is 0 Å². The summed E-state index contributed by atoms with van der Waals surface area (Å²) >= 11 is 0. The first-order valence-electron chi connectivity index (χ1n) is 46.3. The van der Waals surface area contributed by atoms with Gasteiger partial charge >= 0.3 is 0 Å². The van der Waals surface area contributed by atoms with Gasteiger partial charge in [0.05, 0.1) is 0 Å². The van der Waals surface area contributed by atoms with Crippen molar-refractivity contribution in [2.75, 3.05) is 49.4 Å². The summed E-state index contributed by atoms with van der Waals surface area (Å²) in [4.78, 5) is 10.00. The third-order valence-electron chi connectivity index (χ3n) is 27.8. The molecule has 1 atom stereocenters. The number of aryl methyl sites for hydroxylation is 2. The van der Waals surface area contributed by atoms with E-state index in [1.54, 1.807) is 5.56 Å². The van der Waals surface area contributed by atoms with Crippen LogP contribution in [0.25, 0.3) is 0 Å². The van der Waals surface area contributed by atoms with Crippen molar-refractivity contribution < 1.29 is 0 Å². The number of nitrogens with zero attached hydrogens (tertiary/aromatic N) is 4. The summed E-state index contributed by atoms with van der Waals surface area (Å²) in [7, 11) is 9.04. The lowest BCUT2D eigenvalue weighted by Crippen LogP contribution is -2.48. The molecule has 0 amide bonds. The van der Waals surface area contributed by atoms with Crippen LogP contribution < -0.4 is 14.7 Å². The normalized spacial score (nSPS) is 16.8. The molecule has 109 heavy (non-hydrogen) atoms. The largest absolute Gasteiger partial charge is 0.374 e. The molecular formula is C105H202N4. The van der Waals surface area contributed by atoms with E-state index in [-0.39, 0.29) is 0 Å². The average Bonchev–Trinajstić information content (AvgIpc) is 0.804. The summed E-state index contributed by atoms with van der Waals surface area (Å²) < 4.78 is 0. The van der Waals surface area contributed by atoms with Gasteiger partial charge in [-0.05, 0) is 217 Å². The minimum atomic E-state index is 0.356. The van der Waals surface area contributed by atoms with Gasteiger partial charge in [0.2, 0.25) is 0 Å². The summed E-state index contributed by atoms with van der Waals surface area (Å²) in [5.74, 6) is 2.16. The van der Waals surface area contributed by atoms with Gasteiger partial charge in [-0.1, -0.05) is 390 Å². The number of para-hydroxylation sites is 3. The Morgan fingerprint density at radius 2 is 0.734 bits per heavy atom. The number of unbranched alkanes of at least 4 members (excludes halogenated alkanes) is 2. The maximum atomic E-state index is 2.55. The van der Waals surface area contributed by atoms with Crippen LogP contribution in [0.4, 0.5) is 17.1 Å².